The van der Waals surface area contributed by atoms with Crippen LogP contribution in [0.1, 0.15) is 5.56 Å². The van der Waals surface area contributed by atoms with Crippen molar-refractivity contribution in [1.82, 2.24) is 4.98 Å². The lowest BCUT2D eigenvalue weighted by Crippen LogP contribution is -1.83. The molecule has 84 valence electrons. The van der Waals surface area contributed by atoms with Gasteiger partial charge in [0, 0.05) is 15.6 Å². The van der Waals surface area contributed by atoms with Crippen LogP contribution >= 0.6 is 27.7 Å². The summed E-state index contributed by atoms with van der Waals surface area (Å²) >= 11 is 4.61. The lowest BCUT2D eigenvalue weighted by molar-refractivity contribution is 0.623. The van der Waals surface area contributed by atoms with Crippen LogP contribution in [-0.2, 0) is 0 Å². The van der Waals surface area contributed by atoms with Crippen molar-refractivity contribution in [2.45, 2.75) is 9.92 Å². The van der Waals surface area contributed by atoms with E-state index in [2.05, 4.69) is 20.9 Å². The van der Waals surface area contributed by atoms with Crippen molar-refractivity contribution < 1.29 is 4.39 Å². The Balaban J connectivity index is 2.27. The monoisotopic (exact) mass is 308 g/mol. The average molecular weight is 309 g/mol. The van der Waals surface area contributed by atoms with E-state index in [1.165, 1.54) is 23.9 Å². The van der Waals surface area contributed by atoms with Crippen LogP contribution in [0.15, 0.2) is 50.9 Å². The zero-order valence-electron chi connectivity index (χ0n) is 8.52. The quantitative estimate of drug-likeness (QED) is 0.841. The first kappa shape index (κ1) is 12.1. The number of rotatable bonds is 2. The van der Waals surface area contributed by atoms with Crippen LogP contribution < -0.4 is 0 Å². The van der Waals surface area contributed by atoms with Crippen molar-refractivity contribution in [3.8, 4) is 6.07 Å². The number of aromatic nitrogens is 1. The van der Waals surface area contributed by atoms with Crippen LogP contribution in [-0.4, -0.2) is 4.98 Å². The zero-order chi connectivity index (χ0) is 12.3. The second-order valence-corrected chi connectivity index (χ2v) is 5.21. The zero-order valence-corrected chi connectivity index (χ0v) is 10.9. The molecule has 1 aromatic carbocycles. The molecule has 0 atom stereocenters. The third-order valence-corrected chi connectivity index (χ3v) is 3.31. The van der Waals surface area contributed by atoms with Crippen LogP contribution in [0.5, 0.6) is 0 Å². The van der Waals surface area contributed by atoms with Gasteiger partial charge in [-0.15, -0.1) is 0 Å². The summed E-state index contributed by atoms with van der Waals surface area (Å²) in [6, 6.07) is 9.84. The summed E-state index contributed by atoms with van der Waals surface area (Å²) in [5.41, 5.74) is 0.310. The smallest absolute Gasteiger partial charge is 0.125 e. The predicted molar refractivity (Wildman–Crippen MR) is 67.2 cm³/mol. The first-order valence-electron chi connectivity index (χ1n) is 4.67. The molecule has 1 aromatic heterocycles. The molecule has 0 spiro atoms. The Bertz CT molecular complexity index is 578. The van der Waals surface area contributed by atoms with E-state index in [1.54, 1.807) is 12.3 Å². The molecule has 2 nitrogen and oxygen atoms in total. The first-order chi connectivity index (χ1) is 8.17. The van der Waals surface area contributed by atoms with Gasteiger partial charge in [-0.05, 0) is 46.3 Å². The van der Waals surface area contributed by atoms with E-state index in [9.17, 15) is 4.39 Å². The molecule has 0 radical (unpaired) electrons. The van der Waals surface area contributed by atoms with Gasteiger partial charge >= 0.3 is 0 Å². The molecule has 0 fully saturated rings. The first-order valence-corrected chi connectivity index (χ1v) is 6.28. The lowest BCUT2D eigenvalue weighted by Gasteiger charge is -2.01. The van der Waals surface area contributed by atoms with Crippen LogP contribution in [0, 0.1) is 17.1 Å². The fourth-order valence-electron chi connectivity index (χ4n) is 1.23. The Kier molecular flexibility index (Phi) is 3.77. The maximum absolute atomic E-state index is 13.2. The van der Waals surface area contributed by atoms with Gasteiger partial charge in [-0.3, -0.25) is 0 Å². The minimum atomic E-state index is -0.413. The normalized spacial score (nSPS) is 9.94. The molecule has 0 aliphatic carbocycles. The Morgan fingerprint density at radius 1 is 1.29 bits per heavy atom. The highest BCUT2D eigenvalue weighted by molar-refractivity contribution is 9.10. The van der Waals surface area contributed by atoms with Crippen molar-refractivity contribution in [2.75, 3.05) is 0 Å². The second-order valence-electron chi connectivity index (χ2n) is 3.20. The third-order valence-electron chi connectivity index (χ3n) is 1.92. The molecule has 5 heteroatoms. The molecule has 0 bridgehead atoms. The summed E-state index contributed by atoms with van der Waals surface area (Å²) in [6.07, 6.45) is 1.67. The molecule has 1 heterocycles. The highest BCUT2D eigenvalue weighted by Gasteiger charge is 2.03. The molecular weight excluding hydrogens is 303 g/mol. The predicted octanol–water partition coefficient (Wildman–Crippen LogP) is 4.01. The standard InChI is InChI=1S/C12H6BrFN2S/c13-9-1-2-12(16-7-9)17-11-4-8(6-15)3-10(14)5-11/h1-5,7H. The number of pyridine rings is 1. The van der Waals surface area contributed by atoms with Gasteiger partial charge in [-0.2, -0.15) is 5.26 Å². The van der Waals surface area contributed by atoms with Gasteiger partial charge in [0.25, 0.3) is 0 Å². The summed E-state index contributed by atoms with van der Waals surface area (Å²) in [5, 5.41) is 9.49. The molecule has 0 aliphatic heterocycles. The number of hydrogen-bond acceptors (Lipinski definition) is 3. The number of nitrogens with zero attached hydrogens (tertiary/aromatic N) is 2. The Hall–Kier alpha value is -1.38. The summed E-state index contributed by atoms with van der Waals surface area (Å²) in [7, 11) is 0. The molecule has 2 aromatic rings. The Morgan fingerprint density at radius 2 is 2.12 bits per heavy atom. The van der Waals surface area contributed by atoms with Gasteiger partial charge < -0.3 is 0 Å². The van der Waals surface area contributed by atoms with E-state index < -0.39 is 5.82 Å². The molecular formula is C12H6BrFN2S. The minimum absolute atomic E-state index is 0.310. The van der Waals surface area contributed by atoms with Crippen molar-refractivity contribution in [2.24, 2.45) is 0 Å². The summed E-state index contributed by atoms with van der Waals surface area (Å²) < 4.78 is 14.1. The molecule has 0 N–H and O–H groups in total. The van der Waals surface area contributed by atoms with Crippen molar-refractivity contribution >= 4 is 27.7 Å². The Labute approximate surface area is 111 Å². The maximum Gasteiger partial charge on any atom is 0.125 e. The van der Waals surface area contributed by atoms with Crippen LogP contribution in [0.2, 0.25) is 0 Å². The second kappa shape index (κ2) is 5.30. The number of hydrogen-bond donors (Lipinski definition) is 0. The van der Waals surface area contributed by atoms with Crippen molar-refractivity contribution in [1.29, 1.82) is 5.26 Å². The molecule has 0 saturated heterocycles. The third kappa shape index (κ3) is 3.29. The van der Waals surface area contributed by atoms with Gasteiger partial charge in [0.15, 0.2) is 0 Å². The maximum atomic E-state index is 13.2. The van der Waals surface area contributed by atoms with Crippen LogP contribution in [0.25, 0.3) is 0 Å². The molecule has 0 amide bonds. The summed E-state index contributed by atoms with van der Waals surface area (Å²) in [5.74, 6) is -0.413. The van der Waals surface area contributed by atoms with E-state index in [-0.39, 0.29) is 0 Å². The average Bonchev–Trinajstić information content (AvgIpc) is 2.31. The minimum Gasteiger partial charge on any atom is -0.248 e. The number of benzene rings is 1. The number of halogens is 2. The molecule has 0 saturated carbocycles. The van der Waals surface area contributed by atoms with Gasteiger partial charge in [0.2, 0.25) is 0 Å². The lowest BCUT2D eigenvalue weighted by atomic mass is 10.2. The van der Waals surface area contributed by atoms with E-state index in [4.69, 9.17) is 5.26 Å². The van der Waals surface area contributed by atoms with Crippen LogP contribution in [0.3, 0.4) is 0 Å². The molecule has 2 rings (SSSR count). The largest absolute Gasteiger partial charge is 0.248 e. The van der Waals surface area contributed by atoms with E-state index in [0.29, 0.717) is 10.5 Å². The highest BCUT2D eigenvalue weighted by Crippen LogP contribution is 2.28. The van der Waals surface area contributed by atoms with Crippen LogP contribution in [0.4, 0.5) is 4.39 Å². The highest BCUT2D eigenvalue weighted by atomic mass is 79.9. The van der Waals surface area contributed by atoms with Gasteiger partial charge in [0.1, 0.15) is 10.8 Å². The fourth-order valence-corrected chi connectivity index (χ4v) is 2.30. The SMILES string of the molecule is N#Cc1cc(F)cc(Sc2ccc(Br)cn2)c1. The van der Waals surface area contributed by atoms with E-state index in [0.717, 1.165) is 9.50 Å². The molecule has 17 heavy (non-hydrogen) atoms. The van der Waals surface area contributed by atoms with Crippen molar-refractivity contribution in [3.63, 3.8) is 0 Å². The molecule has 0 unspecified atom stereocenters. The fraction of sp³-hybridized carbons (Fsp3) is 0. The summed E-state index contributed by atoms with van der Waals surface area (Å²) in [6.45, 7) is 0. The van der Waals surface area contributed by atoms with E-state index in [1.807, 2.05) is 18.2 Å². The molecule has 0 aliphatic rings. The summed E-state index contributed by atoms with van der Waals surface area (Å²) in [4.78, 5) is 4.83. The number of nitriles is 1. The van der Waals surface area contributed by atoms with Crippen molar-refractivity contribution in [3.05, 3.63) is 52.4 Å². The van der Waals surface area contributed by atoms with Gasteiger partial charge in [-0.1, -0.05) is 11.8 Å². The van der Waals surface area contributed by atoms with Gasteiger partial charge in [0.05, 0.1) is 11.6 Å². The van der Waals surface area contributed by atoms with Gasteiger partial charge in [-0.25, -0.2) is 9.37 Å². The topological polar surface area (TPSA) is 36.7 Å². The van der Waals surface area contributed by atoms with E-state index >= 15 is 0 Å². The Morgan fingerprint density at radius 3 is 2.76 bits per heavy atom.